The van der Waals surface area contributed by atoms with Crippen molar-refractivity contribution in [3.63, 3.8) is 0 Å². The van der Waals surface area contributed by atoms with E-state index in [4.69, 9.17) is 11.5 Å². The molecule has 1 aliphatic rings. The van der Waals surface area contributed by atoms with Gasteiger partial charge in [-0.3, -0.25) is 5.73 Å². The number of hydrogen-bond donors (Lipinski definition) is 2. The Bertz CT molecular complexity index is 257. The summed E-state index contributed by atoms with van der Waals surface area (Å²) in [6.45, 7) is 0. The highest BCUT2D eigenvalue weighted by molar-refractivity contribution is 5.76. The van der Waals surface area contributed by atoms with Gasteiger partial charge in [-0.2, -0.15) is 13.2 Å². The Kier molecular flexibility index (Phi) is 3.25. The summed E-state index contributed by atoms with van der Waals surface area (Å²) in [5, 5.41) is 0. The molecule has 0 aromatic carbocycles. The van der Waals surface area contributed by atoms with Crippen LogP contribution in [0.5, 0.6) is 0 Å². The lowest BCUT2D eigenvalue weighted by atomic mass is 9.89. The summed E-state index contributed by atoms with van der Waals surface area (Å²) in [7, 11) is 0. The highest BCUT2D eigenvalue weighted by Crippen LogP contribution is 2.29. The predicted octanol–water partition coefficient (Wildman–Crippen LogP) is 0.648. The van der Waals surface area contributed by atoms with Gasteiger partial charge in [0, 0.05) is 18.9 Å². The summed E-state index contributed by atoms with van der Waals surface area (Å²) < 4.78 is 40.0. The minimum absolute atomic E-state index is 0.0643. The normalized spacial score (nSPS) is 32.5. The molecule has 7 heteroatoms. The summed E-state index contributed by atoms with van der Waals surface area (Å²) in [6.07, 6.45) is -3.49. The number of alkyl halides is 3. The van der Waals surface area contributed by atoms with Crippen molar-refractivity contribution >= 4 is 5.97 Å². The molecule has 0 aliphatic heterocycles. The van der Waals surface area contributed by atoms with E-state index in [-0.39, 0.29) is 18.9 Å². The quantitative estimate of drug-likeness (QED) is 0.508. The van der Waals surface area contributed by atoms with Crippen molar-refractivity contribution in [3.05, 3.63) is 0 Å². The third kappa shape index (κ3) is 3.35. The molecule has 0 saturated heterocycles. The molecule has 1 rings (SSSR count). The SMILES string of the molecule is NC1CCCC(N)(OC(=O)C(F)(F)F)C1. The average Bonchev–Trinajstić information content (AvgIpc) is 2.00. The molecule has 0 bridgehead atoms. The molecule has 4 N–H and O–H groups in total. The zero-order valence-electron chi connectivity index (χ0n) is 8.01. The number of rotatable bonds is 1. The van der Waals surface area contributed by atoms with Gasteiger partial charge < -0.3 is 10.5 Å². The van der Waals surface area contributed by atoms with Gasteiger partial charge in [-0.15, -0.1) is 0 Å². The first-order valence-corrected chi connectivity index (χ1v) is 4.57. The molecule has 0 aromatic heterocycles. The van der Waals surface area contributed by atoms with Crippen LogP contribution in [-0.4, -0.2) is 23.9 Å². The molecule has 0 radical (unpaired) electrons. The lowest BCUT2D eigenvalue weighted by Gasteiger charge is -2.35. The standard InChI is InChI=1S/C8H13F3N2O2/c9-8(10,11)6(14)15-7(13)3-1-2-5(12)4-7/h5H,1-4,12-13H2. The van der Waals surface area contributed by atoms with Gasteiger partial charge in [0.2, 0.25) is 0 Å². The highest BCUT2D eigenvalue weighted by Gasteiger charge is 2.46. The van der Waals surface area contributed by atoms with Crippen LogP contribution >= 0.6 is 0 Å². The van der Waals surface area contributed by atoms with Crippen molar-refractivity contribution in [3.8, 4) is 0 Å². The van der Waals surface area contributed by atoms with Crippen molar-refractivity contribution in [2.45, 2.75) is 43.6 Å². The van der Waals surface area contributed by atoms with Crippen LogP contribution in [0.3, 0.4) is 0 Å². The maximum Gasteiger partial charge on any atom is 0.490 e. The zero-order valence-corrected chi connectivity index (χ0v) is 8.01. The molecule has 0 heterocycles. The maximum absolute atomic E-state index is 11.9. The Morgan fingerprint density at radius 1 is 1.47 bits per heavy atom. The van der Waals surface area contributed by atoms with E-state index < -0.39 is 17.9 Å². The Balaban J connectivity index is 2.60. The molecule has 1 aliphatic carbocycles. The molecular formula is C8H13F3N2O2. The Morgan fingerprint density at radius 3 is 2.53 bits per heavy atom. The molecule has 1 saturated carbocycles. The zero-order chi connectivity index (χ0) is 11.7. The summed E-state index contributed by atoms with van der Waals surface area (Å²) in [4.78, 5) is 10.6. The molecule has 0 spiro atoms. The maximum atomic E-state index is 11.9. The van der Waals surface area contributed by atoms with Crippen LogP contribution in [0.1, 0.15) is 25.7 Å². The third-order valence-corrected chi connectivity index (χ3v) is 2.31. The molecule has 1 fully saturated rings. The van der Waals surface area contributed by atoms with Crippen LogP contribution in [-0.2, 0) is 9.53 Å². The van der Waals surface area contributed by atoms with Gasteiger partial charge in [-0.25, -0.2) is 4.79 Å². The van der Waals surface area contributed by atoms with Gasteiger partial charge in [0.15, 0.2) is 5.72 Å². The number of ether oxygens (including phenoxy) is 1. The highest BCUT2D eigenvalue weighted by atomic mass is 19.4. The van der Waals surface area contributed by atoms with Gasteiger partial charge in [0.25, 0.3) is 0 Å². The minimum atomic E-state index is -5.01. The van der Waals surface area contributed by atoms with Crippen molar-refractivity contribution in [1.82, 2.24) is 0 Å². The van der Waals surface area contributed by atoms with Crippen LogP contribution in [0.4, 0.5) is 13.2 Å². The first kappa shape index (κ1) is 12.3. The summed E-state index contributed by atoms with van der Waals surface area (Å²) in [5.41, 5.74) is 9.50. The van der Waals surface area contributed by atoms with Gasteiger partial charge in [0.05, 0.1) is 0 Å². The molecule has 2 unspecified atom stereocenters. The largest absolute Gasteiger partial charge is 0.490 e. The van der Waals surface area contributed by atoms with E-state index in [1.807, 2.05) is 0 Å². The van der Waals surface area contributed by atoms with Gasteiger partial charge in [-0.1, -0.05) is 0 Å². The second-order valence-corrected chi connectivity index (χ2v) is 3.81. The van der Waals surface area contributed by atoms with Crippen molar-refractivity contribution < 1.29 is 22.7 Å². The van der Waals surface area contributed by atoms with E-state index in [9.17, 15) is 18.0 Å². The number of esters is 1. The Labute approximate surface area is 84.7 Å². The lowest BCUT2D eigenvalue weighted by Crippen LogP contribution is -2.53. The van der Waals surface area contributed by atoms with Crippen LogP contribution in [0.15, 0.2) is 0 Å². The van der Waals surface area contributed by atoms with E-state index >= 15 is 0 Å². The molecule has 88 valence electrons. The Hall–Kier alpha value is -0.820. The van der Waals surface area contributed by atoms with Crippen molar-refractivity contribution in [2.24, 2.45) is 11.5 Å². The number of nitrogens with two attached hydrogens (primary N) is 2. The molecule has 4 nitrogen and oxygen atoms in total. The number of carbonyl (C=O) groups is 1. The fourth-order valence-electron chi connectivity index (χ4n) is 1.65. The van der Waals surface area contributed by atoms with E-state index in [0.29, 0.717) is 12.8 Å². The second-order valence-electron chi connectivity index (χ2n) is 3.81. The minimum Gasteiger partial charge on any atom is -0.437 e. The molecular weight excluding hydrogens is 213 g/mol. The number of carbonyl (C=O) groups excluding carboxylic acids is 1. The molecule has 0 amide bonds. The second kappa shape index (κ2) is 3.97. The van der Waals surface area contributed by atoms with E-state index in [1.165, 1.54) is 0 Å². The van der Waals surface area contributed by atoms with Gasteiger partial charge >= 0.3 is 12.1 Å². The Morgan fingerprint density at radius 2 is 2.07 bits per heavy atom. The summed E-state index contributed by atoms with van der Waals surface area (Å²) >= 11 is 0. The first-order valence-electron chi connectivity index (χ1n) is 4.57. The number of hydrogen-bond acceptors (Lipinski definition) is 4. The van der Waals surface area contributed by atoms with Crippen LogP contribution < -0.4 is 11.5 Å². The van der Waals surface area contributed by atoms with Crippen molar-refractivity contribution in [2.75, 3.05) is 0 Å². The lowest BCUT2D eigenvalue weighted by molar-refractivity contribution is -0.216. The summed E-state index contributed by atoms with van der Waals surface area (Å²) in [5.74, 6) is -2.25. The van der Waals surface area contributed by atoms with E-state index in [2.05, 4.69) is 4.74 Å². The monoisotopic (exact) mass is 226 g/mol. The first-order chi connectivity index (χ1) is 6.73. The predicted molar refractivity (Wildman–Crippen MR) is 45.5 cm³/mol. The van der Waals surface area contributed by atoms with Gasteiger partial charge in [0.1, 0.15) is 0 Å². The average molecular weight is 226 g/mol. The smallest absolute Gasteiger partial charge is 0.437 e. The third-order valence-electron chi connectivity index (χ3n) is 2.31. The topological polar surface area (TPSA) is 78.3 Å². The molecule has 15 heavy (non-hydrogen) atoms. The van der Waals surface area contributed by atoms with E-state index in [1.54, 1.807) is 0 Å². The van der Waals surface area contributed by atoms with E-state index in [0.717, 1.165) is 0 Å². The summed E-state index contributed by atoms with van der Waals surface area (Å²) in [6, 6.07) is -0.315. The fourth-order valence-corrected chi connectivity index (χ4v) is 1.65. The van der Waals surface area contributed by atoms with Gasteiger partial charge in [-0.05, 0) is 12.8 Å². The van der Waals surface area contributed by atoms with Crippen molar-refractivity contribution in [1.29, 1.82) is 0 Å². The molecule has 0 aromatic rings. The molecule has 2 atom stereocenters. The van der Waals surface area contributed by atoms with Crippen LogP contribution in [0.25, 0.3) is 0 Å². The number of halogens is 3. The van der Waals surface area contributed by atoms with Crippen LogP contribution in [0.2, 0.25) is 0 Å². The van der Waals surface area contributed by atoms with Crippen LogP contribution in [0, 0.1) is 0 Å². The fraction of sp³-hybridized carbons (Fsp3) is 0.875.